The lowest BCUT2D eigenvalue weighted by Crippen LogP contribution is -2.07. The number of benzene rings is 1. The van der Waals surface area contributed by atoms with Gasteiger partial charge in [-0.2, -0.15) is 0 Å². The minimum atomic E-state index is -0.246. The normalized spacial score (nSPS) is 18.2. The third kappa shape index (κ3) is 2.77. The first-order chi connectivity index (χ1) is 11.2. The number of halogens is 1. The topological polar surface area (TPSA) is 51.3 Å². The van der Waals surface area contributed by atoms with Crippen LogP contribution in [0.4, 0.5) is 4.39 Å². The van der Waals surface area contributed by atoms with E-state index in [-0.39, 0.29) is 5.82 Å². The van der Waals surface area contributed by atoms with E-state index in [9.17, 15) is 4.39 Å². The van der Waals surface area contributed by atoms with Crippen LogP contribution in [0.25, 0.3) is 16.5 Å². The molecule has 3 nitrogen and oxygen atoms in total. The second-order valence-electron chi connectivity index (χ2n) is 6.24. The third-order valence-electron chi connectivity index (χ3n) is 4.48. The van der Waals surface area contributed by atoms with E-state index in [4.69, 9.17) is 5.73 Å². The average molecular weight is 307 g/mol. The SMILES string of the molecule is NC1=NCC(CC2CC2)=C(c2c(F)ccc3cccnc23)C=C1. The number of hydrogen-bond donors (Lipinski definition) is 1. The summed E-state index contributed by atoms with van der Waals surface area (Å²) < 4.78 is 14.7. The van der Waals surface area contributed by atoms with Crippen molar-refractivity contribution >= 4 is 22.3 Å². The van der Waals surface area contributed by atoms with E-state index < -0.39 is 0 Å². The quantitative estimate of drug-likeness (QED) is 0.936. The molecule has 2 aliphatic rings. The largest absolute Gasteiger partial charge is 0.384 e. The number of pyridine rings is 1. The Kier molecular flexibility index (Phi) is 3.45. The van der Waals surface area contributed by atoms with Gasteiger partial charge in [-0.1, -0.05) is 12.1 Å². The molecule has 4 rings (SSSR count). The van der Waals surface area contributed by atoms with Crippen LogP contribution < -0.4 is 5.73 Å². The highest BCUT2D eigenvalue weighted by Crippen LogP contribution is 2.39. The fraction of sp³-hybridized carbons (Fsp3) is 0.263. The highest BCUT2D eigenvalue weighted by molar-refractivity contribution is 6.00. The van der Waals surface area contributed by atoms with Crippen LogP contribution in [0.15, 0.2) is 53.2 Å². The molecule has 23 heavy (non-hydrogen) atoms. The number of aliphatic imine (C=N–C) groups is 1. The molecule has 1 aliphatic carbocycles. The van der Waals surface area contributed by atoms with Crippen molar-refractivity contribution in [3.63, 3.8) is 0 Å². The number of nitrogens with two attached hydrogens (primary N) is 1. The molecule has 0 saturated heterocycles. The summed E-state index contributed by atoms with van der Waals surface area (Å²) in [6, 6.07) is 7.11. The Hall–Kier alpha value is -2.49. The van der Waals surface area contributed by atoms with E-state index in [1.807, 2.05) is 18.2 Å². The maximum atomic E-state index is 14.7. The molecule has 2 aromatic rings. The third-order valence-corrected chi connectivity index (χ3v) is 4.48. The molecule has 116 valence electrons. The first-order valence-electron chi connectivity index (χ1n) is 7.96. The number of hydrogen-bond acceptors (Lipinski definition) is 3. The molecule has 1 aromatic heterocycles. The first-order valence-corrected chi connectivity index (χ1v) is 7.96. The lowest BCUT2D eigenvalue weighted by atomic mass is 9.93. The first kappa shape index (κ1) is 14.1. The summed E-state index contributed by atoms with van der Waals surface area (Å²) in [7, 11) is 0. The van der Waals surface area contributed by atoms with Crippen LogP contribution in [0.5, 0.6) is 0 Å². The maximum absolute atomic E-state index is 14.7. The molecule has 2 N–H and O–H groups in total. The molecule has 0 bridgehead atoms. The van der Waals surface area contributed by atoms with Crippen molar-refractivity contribution in [2.45, 2.75) is 19.3 Å². The van der Waals surface area contributed by atoms with Gasteiger partial charge in [0.1, 0.15) is 11.7 Å². The minimum Gasteiger partial charge on any atom is -0.384 e. The molecule has 0 spiro atoms. The molecule has 2 heterocycles. The van der Waals surface area contributed by atoms with Gasteiger partial charge in [-0.15, -0.1) is 0 Å². The summed E-state index contributed by atoms with van der Waals surface area (Å²) in [5.41, 5.74) is 9.17. The summed E-state index contributed by atoms with van der Waals surface area (Å²) in [5.74, 6) is 0.945. The van der Waals surface area contributed by atoms with Crippen molar-refractivity contribution in [2.75, 3.05) is 6.54 Å². The Morgan fingerprint density at radius 2 is 2.04 bits per heavy atom. The van der Waals surface area contributed by atoms with Gasteiger partial charge in [0.25, 0.3) is 0 Å². The number of aromatic nitrogens is 1. The Bertz CT molecular complexity index is 860. The summed E-state index contributed by atoms with van der Waals surface area (Å²) >= 11 is 0. The Morgan fingerprint density at radius 1 is 1.17 bits per heavy atom. The van der Waals surface area contributed by atoms with Crippen LogP contribution in [0, 0.1) is 11.7 Å². The van der Waals surface area contributed by atoms with Gasteiger partial charge < -0.3 is 5.73 Å². The van der Waals surface area contributed by atoms with Crippen LogP contribution in [0.2, 0.25) is 0 Å². The van der Waals surface area contributed by atoms with E-state index >= 15 is 0 Å². The highest BCUT2D eigenvalue weighted by Gasteiger charge is 2.25. The van der Waals surface area contributed by atoms with Crippen LogP contribution in [-0.4, -0.2) is 17.4 Å². The molecule has 0 atom stereocenters. The van der Waals surface area contributed by atoms with E-state index in [1.54, 1.807) is 18.3 Å². The van der Waals surface area contributed by atoms with Gasteiger partial charge in [0, 0.05) is 17.1 Å². The Balaban J connectivity index is 1.94. The Morgan fingerprint density at radius 3 is 2.87 bits per heavy atom. The van der Waals surface area contributed by atoms with Crippen LogP contribution in [0.1, 0.15) is 24.8 Å². The van der Waals surface area contributed by atoms with Gasteiger partial charge in [0.2, 0.25) is 0 Å². The van der Waals surface area contributed by atoms with Crippen molar-refractivity contribution < 1.29 is 4.39 Å². The zero-order valence-corrected chi connectivity index (χ0v) is 12.8. The number of nitrogens with zero attached hydrogens (tertiary/aromatic N) is 2. The highest BCUT2D eigenvalue weighted by atomic mass is 19.1. The predicted octanol–water partition coefficient (Wildman–Crippen LogP) is 3.85. The number of rotatable bonds is 3. The van der Waals surface area contributed by atoms with Gasteiger partial charge in [-0.3, -0.25) is 9.98 Å². The van der Waals surface area contributed by atoms with Crippen LogP contribution in [0.3, 0.4) is 0 Å². The van der Waals surface area contributed by atoms with Gasteiger partial charge in [-0.25, -0.2) is 4.39 Å². The van der Waals surface area contributed by atoms with Crippen molar-refractivity contribution in [3.8, 4) is 0 Å². The molecule has 1 aromatic carbocycles. The van der Waals surface area contributed by atoms with Gasteiger partial charge in [0.15, 0.2) is 0 Å². The zero-order valence-electron chi connectivity index (χ0n) is 12.8. The molecule has 0 radical (unpaired) electrons. The fourth-order valence-corrected chi connectivity index (χ4v) is 3.09. The molecular weight excluding hydrogens is 289 g/mol. The molecule has 1 aliphatic heterocycles. The molecule has 4 heteroatoms. The van der Waals surface area contributed by atoms with Crippen molar-refractivity contribution in [1.82, 2.24) is 4.98 Å². The monoisotopic (exact) mass is 307 g/mol. The van der Waals surface area contributed by atoms with E-state index in [1.165, 1.54) is 18.9 Å². The smallest absolute Gasteiger partial charge is 0.133 e. The number of fused-ring (bicyclic) bond motifs is 1. The summed E-state index contributed by atoms with van der Waals surface area (Å²) in [5, 5.41) is 0.939. The molecular formula is C19H18FN3. The molecule has 0 unspecified atom stereocenters. The van der Waals surface area contributed by atoms with Crippen molar-refractivity contribution in [3.05, 3.63) is 59.6 Å². The second kappa shape index (κ2) is 5.61. The fourth-order valence-electron chi connectivity index (χ4n) is 3.09. The van der Waals surface area contributed by atoms with Crippen LogP contribution in [-0.2, 0) is 0 Å². The lowest BCUT2D eigenvalue weighted by Gasteiger charge is -2.13. The van der Waals surface area contributed by atoms with Gasteiger partial charge in [0.05, 0.1) is 12.1 Å². The molecule has 1 fully saturated rings. The maximum Gasteiger partial charge on any atom is 0.133 e. The summed E-state index contributed by atoms with van der Waals surface area (Å²) in [4.78, 5) is 8.80. The van der Waals surface area contributed by atoms with Gasteiger partial charge in [-0.05, 0) is 60.6 Å². The van der Waals surface area contributed by atoms with Gasteiger partial charge >= 0.3 is 0 Å². The van der Waals surface area contributed by atoms with E-state index in [0.717, 1.165) is 23.0 Å². The lowest BCUT2D eigenvalue weighted by molar-refractivity contribution is 0.625. The molecule has 0 amide bonds. The second-order valence-corrected chi connectivity index (χ2v) is 6.24. The Labute approximate surface area is 134 Å². The molecule has 1 saturated carbocycles. The number of allylic oxidation sites excluding steroid dienone is 2. The summed E-state index contributed by atoms with van der Waals surface area (Å²) in [6.07, 6.45) is 8.81. The predicted molar refractivity (Wildman–Crippen MR) is 91.6 cm³/mol. The zero-order chi connectivity index (χ0) is 15.8. The minimum absolute atomic E-state index is 0.246. The van der Waals surface area contributed by atoms with Crippen molar-refractivity contribution in [1.29, 1.82) is 0 Å². The summed E-state index contributed by atoms with van der Waals surface area (Å²) in [6.45, 7) is 0.535. The van der Waals surface area contributed by atoms with E-state index in [2.05, 4.69) is 9.98 Å². The van der Waals surface area contributed by atoms with Crippen molar-refractivity contribution in [2.24, 2.45) is 16.6 Å². The standard InChI is InChI=1S/C19H18FN3/c20-16-7-5-13-2-1-9-22-19(13)18(16)15-6-8-17(21)23-11-14(15)10-12-3-4-12/h1-2,5-9,12H,3-4,10-11H2,(H2,21,23). The number of amidine groups is 1. The van der Waals surface area contributed by atoms with E-state index in [0.29, 0.717) is 29.4 Å². The van der Waals surface area contributed by atoms with Crippen LogP contribution >= 0.6 is 0 Å². The average Bonchev–Trinajstić information content (AvgIpc) is 3.38.